The fourth-order valence-electron chi connectivity index (χ4n) is 6.32. The molecule has 4 aromatic carbocycles. The summed E-state index contributed by atoms with van der Waals surface area (Å²) in [6.45, 7) is 6.32. The standard InChI is InChI=1S/C42H50O10Si/c1-30(43)19-22-37(44)48-28-36-38(49-26-31-13-7-5-8-14-31)39(50-27-32-15-9-6-10-16-32)40(41(46-2)51-36)52-42(45)47-23-24-53(3,4)29-33-20-21-34-17-11-12-18-35(34)25-33/h5-18,20-21,25,36,38-41H,19,22-24,26-29H2,1-4H3/t36-,38-,39+,40-,41-/m1/s1. The highest BCUT2D eigenvalue weighted by Gasteiger charge is 2.51. The van der Waals surface area contributed by atoms with Crippen molar-refractivity contribution >= 4 is 36.8 Å². The third-order valence-corrected chi connectivity index (χ3v) is 12.1. The van der Waals surface area contributed by atoms with Crippen molar-refractivity contribution in [3.05, 3.63) is 120 Å². The summed E-state index contributed by atoms with van der Waals surface area (Å²) in [5, 5.41) is 2.42. The van der Waals surface area contributed by atoms with Gasteiger partial charge in [-0.05, 0) is 40.9 Å². The fourth-order valence-corrected chi connectivity index (χ4v) is 8.48. The molecule has 0 aliphatic carbocycles. The molecule has 1 heterocycles. The van der Waals surface area contributed by atoms with Crippen molar-refractivity contribution in [3.8, 4) is 0 Å². The Morgan fingerprint density at radius 2 is 1.32 bits per heavy atom. The second-order valence-corrected chi connectivity index (χ2v) is 19.3. The van der Waals surface area contributed by atoms with E-state index in [0.29, 0.717) is 0 Å². The first-order chi connectivity index (χ1) is 25.6. The van der Waals surface area contributed by atoms with Gasteiger partial charge in [0, 0.05) is 13.5 Å². The fraction of sp³-hybridized carbons (Fsp3) is 0.405. The molecule has 5 rings (SSSR count). The number of benzene rings is 4. The first kappa shape index (κ1) is 39.8. The molecule has 1 aliphatic heterocycles. The summed E-state index contributed by atoms with van der Waals surface area (Å²) in [5.41, 5.74) is 3.05. The van der Waals surface area contributed by atoms with Crippen LogP contribution in [-0.2, 0) is 62.0 Å². The largest absolute Gasteiger partial charge is 0.508 e. The molecule has 0 saturated carbocycles. The smallest absolute Gasteiger partial charge is 0.463 e. The Morgan fingerprint density at radius 3 is 1.96 bits per heavy atom. The van der Waals surface area contributed by atoms with E-state index in [1.807, 2.05) is 72.8 Å². The van der Waals surface area contributed by atoms with E-state index >= 15 is 0 Å². The minimum Gasteiger partial charge on any atom is -0.463 e. The molecule has 282 valence electrons. The predicted octanol–water partition coefficient (Wildman–Crippen LogP) is 7.61. The summed E-state index contributed by atoms with van der Waals surface area (Å²) in [6.07, 6.45) is -5.68. The number of carbonyl (C=O) groups is 3. The summed E-state index contributed by atoms with van der Waals surface area (Å²) < 4.78 is 42.1. The average Bonchev–Trinajstić information content (AvgIpc) is 3.15. The quantitative estimate of drug-likeness (QED) is 0.0746. The number of ketones is 1. The number of methoxy groups -OCH3 is 1. The molecule has 0 aromatic heterocycles. The van der Waals surface area contributed by atoms with Crippen LogP contribution in [0.25, 0.3) is 10.8 Å². The predicted molar refractivity (Wildman–Crippen MR) is 203 cm³/mol. The van der Waals surface area contributed by atoms with Gasteiger partial charge in [0.05, 0.1) is 34.3 Å². The zero-order valence-corrected chi connectivity index (χ0v) is 31.9. The molecule has 10 nitrogen and oxygen atoms in total. The number of rotatable bonds is 18. The molecule has 0 spiro atoms. The molecule has 0 radical (unpaired) electrons. The minimum absolute atomic E-state index is 0.0568. The monoisotopic (exact) mass is 742 g/mol. The molecule has 1 saturated heterocycles. The Kier molecular flexibility index (Phi) is 14.7. The van der Waals surface area contributed by atoms with Crippen LogP contribution in [0, 0.1) is 0 Å². The van der Waals surface area contributed by atoms with Crippen LogP contribution in [-0.4, -0.2) is 77.0 Å². The molecular formula is C42H50O10Si. The number of Topliss-reactive ketones (excluding diaryl/α,β-unsaturated/α-hetero) is 1. The van der Waals surface area contributed by atoms with Crippen LogP contribution >= 0.6 is 0 Å². The van der Waals surface area contributed by atoms with Crippen LogP contribution in [0.5, 0.6) is 0 Å². The van der Waals surface area contributed by atoms with Crippen molar-refractivity contribution in [1.29, 1.82) is 0 Å². The van der Waals surface area contributed by atoms with E-state index in [2.05, 4.69) is 43.4 Å². The second kappa shape index (κ2) is 19.6. The lowest BCUT2D eigenvalue weighted by Gasteiger charge is -2.44. The van der Waals surface area contributed by atoms with Gasteiger partial charge < -0.3 is 38.0 Å². The molecule has 0 N–H and O–H groups in total. The van der Waals surface area contributed by atoms with Gasteiger partial charge in [-0.3, -0.25) is 4.79 Å². The maximum Gasteiger partial charge on any atom is 0.508 e. The molecule has 5 atom stereocenters. The number of carbonyl (C=O) groups excluding carboxylic acids is 3. The number of hydrogen-bond acceptors (Lipinski definition) is 10. The Balaban J connectivity index is 1.29. The zero-order valence-electron chi connectivity index (χ0n) is 30.9. The lowest BCUT2D eigenvalue weighted by molar-refractivity contribution is -0.312. The minimum atomic E-state index is -1.82. The van der Waals surface area contributed by atoms with Crippen molar-refractivity contribution in [2.75, 3.05) is 20.3 Å². The lowest BCUT2D eigenvalue weighted by Crippen LogP contribution is -2.62. The van der Waals surface area contributed by atoms with Gasteiger partial charge in [-0.1, -0.05) is 122 Å². The van der Waals surface area contributed by atoms with Gasteiger partial charge in [0.25, 0.3) is 0 Å². The summed E-state index contributed by atoms with van der Waals surface area (Å²) in [6, 6.07) is 35.7. The van der Waals surface area contributed by atoms with E-state index in [0.717, 1.165) is 23.2 Å². The van der Waals surface area contributed by atoms with Crippen molar-refractivity contribution < 1.29 is 47.5 Å². The van der Waals surface area contributed by atoms with Gasteiger partial charge in [0.1, 0.15) is 30.7 Å². The third kappa shape index (κ3) is 12.3. The number of hydrogen-bond donors (Lipinski definition) is 0. The SMILES string of the molecule is CO[C@@H]1O[C@H](COC(=O)CCC(C)=O)[C@@H](OCc2ccccc2)[C@H](OCc2ccccc2)[C@H]1OC(=O)OCC[Si](C)(C)Cc1ccc2ccccc2c1. The topological polar surface area (TPSA) is 116 Å². The molecule has 53 heavy (non-hydrogen) atoms. The van der Waals surface area contributed by atoms with Crippen LogP contribution < -0.4 is 0 Å². The molecule has 4 aromatic rings. The van der Waals surface area contributed by atoms with Crippen molar-refractivity contribution in [3.63, 3.8) is 0 Å². The second-order valence-electron chi connectivity index (χ2n) is 14.1. The normalized spacial score (nSPS) is 20.1. The summed E-state index contributed by atoms with van der Waals surface area (Å²) >= 11 is 0. The molecule has 0 bridgehead atoms. The van der Waals surface area contributed by atoms with E-state index in [4.69, 9.17) is 33.2 Å². The van der Waals surface area contributed by atoms with Crippen LogP contribution in [0.3, 0.4) is 0 Å². The van der Waals surface area contributed by atoms with E-state index in [1.165, 1.54) is 30.4 Å². The Hall–Kier alpha value is -4.39. The Bertz CT molecular complexity index is 1770. The number of esters is 1. The molecule has 0 unspecified atom stereocenters. The first-order valence-corrected chi connectivity index (χ1v) is 21.5. The highest BCUT2D eigenvalue weighted by Crippen LogP contribution is 2.31. The third-order valence-electron chi connectivity index (χ3n) is 9.21. The van der Waals surface area contributed by atoms with E-state index < -0.39 is 50.9 Å². The van der Waals surface area contributed by atoms with Crippen LogP contribution in [0.1, 0.15) is 36.5 Å². The first-order valence-electron chi connectivity index (χ1n) is 18.1. The summed E-state index contributed by atoms with van der Waals surface area (Å²) in [7, 11) is -0.383. The van der Waals surface area contributed by atoms with Gasteiger partial charge in [0.2, 0.25) is 0 Å². The molecule has 1 fully saturated rings. The van der Waals surface area contributed by atoms with Crippen molar-refractivity contribution in [2.45, 2.75) is 88.9 Å². The summed E-state index contributed by atoms with van der Waals surface area (Å²) in [5.74, 6) is -0.660. The maximum atomic E-state index is 13.4. The van der Waals surface area contributed by atoms with Crippen LogP contribution in [0.15, 0.2) is 103 Å². The summed E-state index contributed by atoms with van der Waals surface area (Å²) in [4.78, 5) is 37.4. The van der Waals surface area contributed by atoms with Gasteiger partial charge in [-0.2, -0.15) is 0 Å². The Labute approximate surface area is 312 Å². The molecular weight excluding hydrogens is 693 g/mol. The van der Waals surface area contributed by atoms with E-state index in [-0.39, 0.29) is 45.1 Å². The van der Waals surface area contributed by atoms with Crippen LogP contribution in [0.4, 0.5) is 4.79 Å². The van der Waals surface area contributed by atoms with Gasteiger partial charge >= 0.3 is 12.1 Å². The van der Waals surface area contributed by atoms with E-state index in [9.17, 15) is 14.4 Å². The average molecular weight is 743 g/mol. The highest BCUT2D eigenvalue weighted by atomic mass is 28.3. The van der Waals surface area contributed by atoms with E-state index in [1.54, 1.807) is 0 Å². The number of ether oxygens (including phenoxy) is 7. The lowest BCUT2D eigenvalue weighted by atomic mass is 9.98. The van der Waals surface area contributed by atoms with Gasteiger partial charge in [-0.25, -0.2) is 4.79 Å². The van der Waals surface area contributed by atoms with Gasteiger partial charge in [0.15, 0.2) is 12.4 Å². The molecule has 11 heteroatoms. The number of fused-ring (bicyclic) bond motifs is 1. The maximum absolute atomic E-state index is 13.4. The zero-order chi connectivity index (χ0) is 37.6. The van der Waals surface area contributed by atoms with Crippen molar-refractivity contribution in [1.82, 2.24) is 0 Å². The highest BCUT2D eigenvalue weighted by molar-refractivity contribution is 6.76. The molecule has 1 aliphatic rings. The molecule has 0 amide bonds. The Morgan fingerprint density at radius 1 is 0.698 bits per heavy atom. The van der Waals surface area contributed by atoms with Gasteiger partial charge in [-0.15, -0.1) is 0 Å². The van der Waals surface area contributed by atoms with Crippen molar-refractivity contribution in [2.24, 2.45) is 0 Å². The van der Waals surface area contributed by atoms with Crippen LogP contribution in [0.2, 0.25) is 19.1 Å².